The molecule has 3 nitrogen and oxygen atoms in total. The Hall–Kier alpha value is -1.97. The van der Waals surface area contributed by atoms with Crippen LogP contribution < -0.4 is 0 Å². The first kappa shape index (κ1) is 23.2. The fourth-order valence-electron chi connectivity index (χ4n) is 9.58. The highest BCUT2D eigenvalue weighted by molar-refractivity contribution is 5.82. The zero-order valence-corrected chi connectivity index (χ0v) is 22.6. The molecule has 6 atom stereocenters. The zero-order chi connectivity index (χ0) is 24.7. The Kier molecular flexibility index (Phi) is 5.16. The van der Waals surface area contributed by atoms with Crippen LogP contribution in [0.15, 0.2) is 60.0 Å². The van der Waals surface area contributed by atoms with Gasteiger partial charge in [-0.25, -0.2) is 0 Å². The maximum atomic E-state index is 7.55. The van der Waals surface area contributed by atoms with Crippen molar-refractivity contribution in [3.05, 3.63) is 65.5 Å². The first-order valence-electron chi connectivity index (χ1n) is 14.6. The van der Waals surface area contributed by atoms with E-state index in [9.17, 15) is 0 Å². The number of nitrogens with zero attached hydrogens (tertiary/aromatic N) is 2. The molecule has 3 heterocycles. The lowest BCUT2D eigenvalue weighted by Gasteiger charge is -2.55. The molecular weight excluding hydrogens is 440 g/mol. The standard InChI is InChI=1S/C33H42N2O/c1-5-35(22(2)3)28-9-8-26-19-27-12-14-31(4)29(24-7-6-23-13-17-34-21-25(23)18-24)10-11-30(31)33(27)16-15-32(26,20-28)36-33/h6-7,12-13,17-19,21-22,28-30H,5,8-11,14-16,20H2,1-4H3/t28?,29-,30-,31-,32-,33-/m1/s1. The molecule has 2 spiro atoms. The molecule has 0 N–H and O–H groups in total. The SMILES string of the molecule is CCN(C(C)C)C1CCC2=CC3=CC[C@]4(C)[C@@H](c5ccc6ccncc6c5)CC[C@H]4[C@@]34CC[C@]2(C1)O4. The van der Waals surface area contributed by atoms with Crippen LogP contribution in [0, 0.1) is 11.3 Å². The third kappa shape index (κ3) is 3.08. The molecule has 3 aliphatic carbocycles. The van der Waals surface area contributed by atoms with Gasteiger partial charge in [0, 0.05) is 29.9 Å². The lowest BCUT2D eigenvalue weighted by Crippen LogP contribution is -2.56. The van der Waals surface area contributed by atoms with Gasteiger partial charge in [0.05, 0.1) is 11.2 Å². The number of pyridine rings is 1. The number of rotatable bonds is 4. The molecule has 2 aromatic rings. The zero-order valence-electron chi connectivity index (χ0n) is 22.6. The fourth-order valence-corrected chi connectivity index (χ4v) is 9.58. The molecule has 0 radical (unpaired) electrons. The van der Waals surface area contributed by atoms with Crippen LogP contribution in [0.1, 0.15) is 90.5 Å². The summed E-state index contributed by atoms with van der Waals surface area (Å²) >= 11 is 0. The molecule has 1 aromatic heterocycles. The molecule has 1 saturated heterocycles. The molecule has 0 amide bonds. The van der Waals surface area contributed by atoms with Gasteiger partial charge in [-0.05, 0) is 123 Å². The van der Waals surface area contributed by atoms with Crippen LogP contribution in [-0.2, 0) is 4.74 Å². The van der Waals surface area contributed by atoms with Gasteiger partial charge in [0.1, 0.15) is 0 Å². The van der Waals surface area contributed by atoms with Crippen molar-refractivity contribution in [2.45, 2.75) is 108 Å². The topological polar surface area (TPSA) is 25.4 Å². The first-order valence-corrected chi connectivity index (χ1v) is 14.6. The van der Waals surface area contributed by atoms with Gasteiger partial charge in [-0.15, -0.1) is 0 Å². The second kappa shape index (κ2) is 8.01. The van der Waals surface area contributed by atoms with E-state index in [0.717, 1.165) is 6.54 Å². The number of fused-ring (bicyclic) bond motifs is 2. The summed E-state index contributed by atoms with van der Waals surface area (Å²) in [4.78, 5) is 7.12. The molecule has 1 aromatic carbocycles. The van der Waals surface area contributed by atoms with Gasteiger partial charge in [-0.2, -0.15) is 0 Å². The van der Waals surface area contributed by atoms with Crippen molar-refractivity contribution in [1.82, 2.24) is 9.88 Å². The molecule has 190 valence electrons. The van der Waals surface area contributed by atoms with E-state index in [0.29, 0.717) is 23.9 Å². The van der Waals surface area contributed by atoms with Crippen LogP contribution in [0.25, 0.3) is 10.8 Å². The van der Waals surface area contributed by atoms with E-state index in [4.69, 9.17) is 4.74 Å². The number of benzene rings is 1. The molecular formula is C33H42N2O. The second-order valence-electron chi connectivity index (χ2n) is 13.0. The molecule has 5 aliphatic rings. The highest BCUT2D eigenvalue weighted by atomic mass is 16.5. The maximum Gasteiger partial charge on any atom is 0.0974 e. The van der Waals surface area contributed by atoms with Crippen molar-refractivity contribution >= 4 is 10.8 Å². The van der Waals surface area contributed by atoms with Crippen LogP contribution >= 0.6 is 0 Å². The number of ether oxygens (including phenoxy) is 1. The number of hydrogen-bond acceptors (Lipinski definition) is 3. The Bertz CT molecular complexity index is 1260. The quantitative estimate of drug-likeness (QED) is 0.449. The number of allylic oxidation sites excluding steroid dienone is 1. The summed E-state index contributed by atoms with van der Waals surface area (Å²) in [5, 5.41) is 2.56. The molecule has 3 fully saturated rings. The number of aromatic nitrogens is 1. The summed E-state index contributed by atoms with van der Waals surface area (Å²) in [6.07, 6.45) is 19.0. The summed E-state index contributed by atoms with van der Waals surface area (Å²) in [7, 11) is 0. The Morgan fingerprint density at radius 3 is 2.83 bits per heavy atom. The molecule has 2 bridgehead atoms. The summed E-state index contributed by atoms with van der Waals surface area (Å²) in [6, 6.07) is 10.5. The Balaban J connectivity index is 1.24. The van der Waals surface area contributed by atoms with E-state index in [1.54, 1.807) is 5.57 Å². The molecule has 7 rings (SSSR count). The van der Waals surface area contributed by atoms with Crippen LogP contribution in [0.2, 0.25) is 0 Å². The highest BCUT2D eigenvalue weighted by Crippen LogP contribution is 2.69. The van der Waals surface area contributed by atoms with E-state index in [-0.39, 0.29) is 16.6 Å². The van der Waals surface area contributed by atoms with Gasteiger partial charge in [-0.3, -0.25) is 9.88 Å². The van der Waals surface area contributed by atoms with E-state index < -0.39 is 0 Å². The van der Waals surface area contributed by atoms with Gasteiger partial charge in [-0.1, -0.05) is 38.1 Å². The van der Waals surface area contributed by atoms with Gasteiger partial charge in [0.25, 0.3) is 0 Å². The van der Waals surface area contributed by atoms with Crippen molar-refractivity contribution in [1.29, 1.82) is 0 Å². The second-order valence-corrected chi connectivity index (χ2v) is 13.0. The van der Waals surface area contributed by atoms with E-state index >= 15 is 0 Å². The molecule has 3 heteroatoms. The highest BCUT2D eigenvalue weighted by Gasteiger charge is 2.66. The smallest absolute Gasteiger partial charge is 0.0974 e. The van der Waals surface area contributed by atoms with Crippen molar-refractivity contribution in [3.63, 3.8) is 0 Å². The third-order valence-corrected chi connectivity index (χ3v) is 11.2. The van der Waals surface area contributed by atoms with Crippen molar-refractivity contribution in [2.75, 3.05) is 6.54 Å². The van der Waals surface area contributed by atoms with E-state index in [1.807, 2.05) is 12.4 Å². The fraction of sp³-hybridized carbons (Fsp3) is 0.606. The third-order valence-electron chi connectivity index (χ3n) is 11.2. The molecule has 2 saturated carbocycles. The van der Waals surface area contributed by atoms with Crippen molar-refractivity contribution in [2.24, 2.45) is 11.3 Å². The van der Waals surface area contributed by atoms with Gasteiger partial charge in [0.2, 0.25) is 0 Å². The van der Waals surface area contributed by atoms with Crippen LogP contribution in [0.4, 0.5) is 0 Å². The Morgan fingerprint density at radius 2 is 2.00 bits per heavy atom. The predicted molar refractivity (Wildman–Crippen MR) is 147 cm³/mol. The minimum absolute atomic E-state index is 0.0203. The van der Waals surface area contributed by atoms with E-state index in [2.05, 4.69) is 74.0 Å². The van der Waals surface area contributed by atoms with Crippen LogP contribution in [0.3, 0.4) is 0 Å². The predicted octanol–water partition coefficient (Wildman–Crippen LogP) is 7.58. The normalized spacial score (nSPS) is 39.1. The molecule has 2 aliphatic heterocycles. The average molecular weight is 483 g/mol. The average Bonchev–Trinajstić information content (AvgIpc) is 3.39. The first-order chi connectivity index (χ1) is 17.4. The lowest BCUT2D eigenvalue weighted by molar-refractivity contribution is -0.141. The van der Waals surface area contributed by atoms with Gasteiger partial charge >= 0.3 is 0 Å². The molecule has 36 heavy (non-hydrogen) atoms. The minimum Gasteiger partial charge on any atom is -0.359 e. The Labute approximate surface area is 217 Å². The monoisotopic (exact) mass is 482 g/mol. The maximum absolute atomic E-state index is 7.55. The largest absolute Gasteiger partial charge is 0.359 e. The van der Waals surface area contributed by atoms with Crippen molar-refractivity contribution in [3.8, 4) is 0 Å². The van der Waals surface area contributed by atoms with Crippen molar-refractivity contribution < 1.29 is 4.74 Å². The van der Waals surface area contributed by atoms with Gasteiger partial charge < -0.3 is 4.74 Å². The summed E-state index contributed by atoms with van der Waals surface area (Å²) < 4.78 is 7.55. The molecule has 1 unspecified atom stereocenters. The minimum atomic E-state index is -0.0690. The van der Waals surface area contributed by atoms with E-state index in [1.165, 1.54) is 73.3 Å². The Morgan fingerprint density at radius 1 is 1.11 bits per heavy atom. The number of hydrogen-bond donors (Lipinski definition) is 0. The summed E-state index contributed by atoms with van der Waals surface area (Å²) in [5.41, 5.74) is 4.80. The van der Waals surface area contributed by atoms with Crippen LogP contribution in [-0.4, -0.2) is 39.7 Å². The van der Waals surface area contributed by atoms with Crippen LogP contribution in [0.5, 0.6) is 0 Å². The van der Waals surface area contributed by atoms with Gasteiger partial charge in [0.15, 0.2) is 0 Å². The summed E-state index contributed by atoms with van der Waals surface area (Å²) in [6.45, 7) is 10.8. The summed E-state index contributed by atoms with van der Waals surface area (Å²) in [5.74, 6) is 1.19. The lowest BCUT2D eigenvalue weighted by atomic mass is 9.58.